The van der Waals surface area contributed by atoms with E-state index in [4.69, 9.17) is 4.74 Å². The highest BCUT2D eigenvalue weighted by atomic mass is 16.5. The van der Waals surface area contributed by atoms with Crippen LogP contribution in [0.5, 0.6) is 5.75 Å². The average molecular weight is 276 g/mol. The summed E-state index contributed by atoms with van der Waals surface area (Å²) in [5.41, 5.74) is 0.940. The second-order valence-electron chi connectivity index (χ2n) is 5.28. The maximum absolute atomic E-state index is 11.8. The molecule has 0 aromatic heterocycles. The molecule has 1 saturated carbocycles. The molecule has 0 bridgehead atoms. The van der Waals surface area contributed by atoms with Crippen LogP contribution in [0.15, 0.2) is 24.3 Å². The van der Waals surface area contributed by atoms with Gasteiger partial charge in [0.05, 0.1) is 13.2 Å². The summed E-state index contributed by atoms with van der Waals surface area (Å²) in [6.07, 6.45) is 5.71. The minimum Gasteiger partial charge on any atom is -0.494 e. The normalized spacial score (nSPS) is 15.1. The van der Waals surface area contributed by atoms with Crippen LogP contribution >= 0.6 is 0 Å². The Morgan fingerprint density at radius 2 is 1.95 bits per heavy atom. The van der Waals surface area contributed by atoms with E-state index in [1.165, 1.54) is 12.8 Å². The lowest BCUT2D eigenvalue weighted by molar-refractivity contribution is -0.120. The molecule has 1 amide bonds. The number of carbonyl (C=O) groups is 1. The van der Waals surface area contributed by atoms with Gasteiger partial charge in [-0.2, -0.15) is 0 Å². The van der Waals surface area contributed by atoms with E-state index in [9.17, 15) is 4.79 Å². The summed E-state index contributed by atoms with van der Waals surface area (Å²) in [4.78, 5) is 11.8. The third-order valence-corrected chi connectivity index (χ3v) is 3.50. The third kappa shape index (κ3) is 4.76. The Bertz CT molecular complexity index is 411. The Morgan fingerprint density at radius 3 is 2.60 bits per heavy atom. The predicted molar refractivity (Wildman–Crippen MR) is 81.1 cm³/mol. The SMILES string of the molecule is CCCOc1ccc(NCC(=O)NC2CCCC2)cc1. The van der Waals surface area contributed by atoms with Crippen LogP contribution in [0.4, 0.5) is 5.69 Å². The van der Waals surface area contributed by atoms with Crippen molar-refractivity contribution in [1.82, 2.24) is 5.32 Å². The molecule has 1 aromatic rings. The summed E-state index contributed by atoms with van der Waals surface area (Å²) in [6.45, 7) is 3.14. The fourth-order valence-electron chi connectivity index (χ4n) is 2.42. The molecule has 2 rings (SSSR count). The number of hydrogen-bond acceptors (Lipinski definition) is 3. The number of rotatable bonds is 7. The van der Waals surface area contributed by atoms with Gasteiger partial charge in [-0.05, 0) is 43.5 Å². The standard InChI is InChI=1S/C16H24N2O2/c1-2-11-20-15-9-7-13(8-10-15)17-12-16(19)18-14-5-3-4-6-14/h7-10,14,17H,2-6,11-12H2,1H3,(H,18,19). The number of nitrogens with one attached hydrogen (secondary N) is 2. The van der Waals surface area contributed by atoms with Gasteiger partial charge >= 0.3 is 0 Å². The first kappa shape index (κ1) is 14.7. The van der Waals surface area contributed by atoms with Gasteiger partial charge in [-0.3, -0.25) is 4.79 Å². The summed E-state index contributed by atoms with van der Waals surface area (Å²) in [5.74, 6) is 0.941. The first-order valence-electron chi connectivity index (χ1n) is 7.54. The van der Waals surface area contributed by atoms with Gasteiger partial charge in [0.2, 0.25) is 5.91 Å². The molecule has 1 aliphatic carbocycles. The molecule has 20 heavy (non-hydrogen) atoms. The monoisotopic (exact) mass is 276 g/mol. The zero-order valence-electron chi connectivity index (χ0n) is 12.2. The van der Waals surface area contributed by atoms with Crippen molar-refractivity contribution in [3.8, 4) is 5.75 Å². The molecule has 0 atom stereocenters. The van der Waals surface area contributed by atoms with Crippen molar-refractivity contribution in [3.05, 3.63) is 24.3 Å². The number of anilines is 1. The average Bonchev–Trinajstić information content (AvgIpc) is 2.97. The minimum atomic E-state index is 0.0724. The number of benzene rings is 1. The molecule has 0 unspecified atom stereocenters. The van der Waals surface area contributed by atoms with Crippen molar-refractivity contribution in [2.75, 3.05) is 18.5 Å². The van der Waals surface area contributed by atoms with E-state index in [-0.39, 0.29) is 5.91 Å². The Kier molecular flexibility index (Phi) is 5.71. The number of carbonyl (C=O) groups excluding carboxylic acids is 1. The lowest BCUT2D eigenvalue weighted by Gasteiger charge is -2.13. The van der Waals surface area contributed by atoms with Crippen molar-refractivity contribution in [3.63, 3.8) is 0 Å². The number of hydrogen-bond donors (Lipinski definition) is 2. The van der Waals surface area contributed by atoms with Crippen LogP contribution in [0.2, 0.25) is 0 Å². The molecule has 1 aliphatic rings. The smallest absolute Gasteiger partial charge is 0.239 e. The van der Waals surface area contributed by atoms with Crippen LogP contribution in [-0.4, -0.2) is 25.1 Å². The second kappa shape index (κ2) is 7.78. The van der Waals surface area contributed by atoms with Crippen LogP contribution < -0.4 is 15.4 Å². The molecule has 0 heterocycles. The quantitative estimate of drug-likeness (QED) is 0.805. The molecule has 110 valence electrons. The highest BCUT2D eigenvalue weighted by Crippen LogP contribution is 2.18. The summed E-state index contributed by atoms with van der Waals surface area (Å²) in [7, 11) is 0. The molecule has 0 spiro atoms. The van der Waals surface area contributed by atoms with Crippen molar-refractivity contribution < 1.29 is 9.53 Å². The summed E-state index contributed by atoms with van der Waals surface area (Å²) < 4.78 is 5.52. The lowest BCUT2D eigenvalue weighted by atomic mass is 10.2. The maximum Gasteiger partial charge on any atom is 0.239 e. The third-order valence-electron chi connectivity index (χ3n) is 3.50. The molecule has 0 aliphatic heterocycles. The van der Waals surface area contributed by atoms with Gasteiger partial charge in [0, 0.05) is 11.7 Å². The van der Waals surface area contributed by atoms with Crippen LogP contribution in [0, 0.1) is 0 Å². The zero-order chi connectivity index (χ0) is 14.2. The molecule has 1 aromatic carbocycles. The van der Waals surface area contributed by atoms with E-state index in [1.807, 2.05) is 24.3 Å². The van der Waals surface area contributed by atoms with E-state index in [0.717, 1.165) is 37.3 Å². The van der Waals surface area contributed by atoms with E-state index in [0.29, 0.717) is 12.6 Å². The van der Waals surface area contributed by atoms with Crippen LogP contribution in [0.25, 0.3) is 0 Å². The Morgan fingerprint density at radius 1 is 1.25 bits per heavy atom. The highest BCUT2D eigenvalue weighted by molar-refractivity contribution is 5.81. The Hall–Kier alpha value is -1.71. The largest absolute Gasteiger partial charge is 0.494 e. The lowest BCUT2D eigenvalue weighted by Crippen LogP contribution is -2.36. The first-order chi connectivity index (χ1) is 9.78. The molecule has 1 fully saturated rings. The van der Waals surface area contributed by atoms with Crippen LogP contribution in [0.1, 0.15) is 39.0 Å². The number of amides is 1. The van der Waals surface area contributed by atoms with Gasteiger partial charge in [0.15, 0.2) is 0 Å². The highest BCUT2D eigenvalue weighted by Gasteiger charge is 2.16. The zero-order valence-corrected chi connectivity index (χ0v) is 12.2. The van der Waals surface area contributed by atoms with Gasteiger partial charge in [-0.25, -0.2) is 0 Å². The predicted octanol–water partition coefficient (Wildman–Crippen LogP) is 2.95. The second-order valence-corrected chi connectivity index (χ2v) is 5.28. The van der Waals surface area contributed by atoms with Crippen LogP contribution in [0.3, 0.4) is 0 Å². The summed E-state index contributed by atoms with van der Waals surface area (Å²) in [5, 5.41) is 6.20. The molecule has 4 nitrogen and oxygen atoms in total. The van der Waals surface area contributed by atoms with E-state index in [2.05, 4.69) is 17.6 Å². The van der Waals surface area contributed by atoms with Crippen molar-refractivity contribution >= 4 is 11.6 Å². The minimum absolute atomic E-state index is 0.0724. The molecule has 0 saturated heterocycles. The van der Waals surface area contributed by atoms with Gasteiger partial charge in [-0.1, -0.05) is 19.8 Å². The van der Waals surface area contributed by atoms with E-state index in [1.54, 1.807) is 0 Å². The van der Waals surface area contributed by atoms with Gasteiger partial charge in [0.1, 0.15) is 5.75 Å². The fraction of sp³-hybridized carbons (Fsp3) is 0.562. The molecule has 2 N–H and O–H groups in total. The van der Waals surface area contributed by atoms with Crippen molar-refractivity contribution in [2.24, 2.45) is 0 Å². The Labute approximate surface area is 120 Å². The molecule has 4 heteroatoms. The maximum atomic E-state index is 11.8. The molecule has 0 radical (unpaired) electrons. The molecular formula is C16H24N2O2. The topological polar surface area (TPSA) is 50.4 Å². The van der Waals surface area contributed by atoms with E-state index >= 15 is 0 Å². The van der Waals surface area contributed by atoms with Gasteiger partial charge in [-0.15, -0.1) is 0 Å². The Balaban J connectivity index is 1.71. The summed E-state index contributed by atoms with van der Waals surface area (Å²) >= 11 is 0. The van der Waals surface area contributed by atoms with Gasteiger partial charge in [0.25, 0.3) is 0 Å². The van der Waals surface area contributed by atoms with Crippen LogP contribution in [-0.2, 0) is 4.79 Å². The van der Waals surface area contributed by atoms with Crippen molar-refractivity contribution in [1.29, 1.82) is 0 Å². The molecular weight excluding hydrogens is 252 g/mol. The van der Waals surface area contributed by atoms with Gasteiger partial charge < -0.3 is 15.4 Å². The summed E-state index contributed by atoms with van der Waals surface area (Å²) in [6, 6.07) is 8.11. The number of ether oxygens (including phenoxy) is 1. The first-order valence-corrected chi connectivity index (χ1v) is 7.54. The van der Waals surface area contributed by atoms with E-state index < -0.39 is 0 Å². The van der Waals surface area contributed by atoms with Crippen molar-refractivity contribution in [2.45, 2.75) is 45.1 Å². The fourth-order valence-corrected chi connectivity index (χ4v) is 2.42.